The number of pyridine rings is 1. The molecule has 20 heavy (non-hydrogen) atoms. The molecular formula is C14H23N3O2S. The largest absolute Gasteiger partial charge is 0.369 e. The van der Waals surface area contributed by atoms with E-state index in [4.69, 9.17) is 0 Å². The Morgan fingerprint density at radius 2 is 2.15 bits per heavy atom. The Kier molecular flexibility index (Phi) is 4.65. The molecule has 112 valence electrons. The highest BCUT2D eigenvalue weighted by molar-refractivity contribution is 7.89. The van der Waals surface area contributed by atoms with Gasteiger partial charge < -0.3 is 5.32 Å². The van der Waals surface area contributed by atoms with Crippen molar-refractivity contribution in [2.24, 2.45) is 5.41 Å². The zero-order valence-electron chi connectivity index (χ0n) is 12.1. The molecule has 1 aliphatic carbocycles. The lowest BCUT2D eigenvalue weighted by atomic mass is 9.71. The fourth-order valence-electron chi connectivity index (χ4n) is 2.29. The lowest BCUT2D eigenvalue weighted by molar-refractivity contribution is 0.166. The summed E-state index contributed by atoms with van der Waals surface area (Å²) in [6.45, 7) is 5.35. The molecule has 1 aromatic rings. The molecule has 1 heterocycles. The molecule has 1 fully saturated rings. The van der Waals surface area contributed by atoms with Gasteiger partial charge >= 0.3 is 0 Å². The highest BCUT2D eigenvalue weighted by Crippen LogP contribution is 2.39. The van der Waals surface area contributed by atoms with Crippen LogP contribution in [0.3, 0.4) is 0 Å². The van der Waals surface area contributed by atoms with Gasteiger partial charge in [0.1, 0.15) is 10.7 Å². The van der Waals surface area contributed by atoms with Crippen LogP contribution in [0.1, 0.15) is 39.5 Å². The van der Waals surface area contributed by atoms with Crippen LogP contribution in [0.5, 0.6) is 0 Å². The summed E-state index contributed by atoms with van der Waals surface area (Å²) < 4.78 is 27.6. The molecule has 1 aliphatic rings. The highest BCUT2D eigenvalue weighted by atomic mass is 32.2. The first kappa shape index (κ1) is 15.3. The predicted octanol–water partition coefficient (Wildman–Crippen LogP) is 2.37. The monoisotopic (exact) mass is 297 g/mol. The van der Waals surface area contributed by atoms with E-state index >= 15 is 0 Å². The van der Waals surface area contributed by atoms with E-state index in [-0.39, 0.29) is 10.3 Å². The van der Waals surface area contributed by atoms with Crippen LogP contribution in [-0.2, 0) is 10.0 Å². The summed E-state index contributed by atoms with van der Waals surface area (Å²) in [6.07, 6.45) is 5.88. The molecule has 0 unspecified atom stereocenters. The first-order chi connectivity index (χ1) is 9.47. The third-order valence-electron chi connectivity index (χ3n) is 3.85. The molecule has 0 bridgehead atoms. The van der Waals surface area contributed by atoms with Crippen molar-refractivity contribution in [3.63, 3.8) is 0 Å². The van der Waals surface area contributed by atoms with Crippen LogP contribution < -0.4 is 10.0 Å². The van der Waals surface area contributed by atoms with Gasteiger partial charge in [0, 0.05) is 19.3 Å². The number of sulfonamides is 1. The Morgan fingerprint density at radius 1 is 1.40 bits per heavy atom. The summed E-state index contributed by atoms with van der Waals surface area (Å²) in [5.74, 6) is 0.431. The van der Waals surface area contributed by atoms with Gasteiger partial charge in [-0.2, -0.15) is 0 Å². The average Bonchev–Trinajstić information content (AvgIpc) is 2.41. The topological polar surface area (TPSA) is 71.1 Å². The van der Waals surface area contributed by atoms with Gasteiger partial charge in [-0.05, 0) is 36.8 Å². The van der Waals surface area contributed by atoms with Crippen LogP contribution in [0.2, 0.25) is 0 Å². The summed E-state index contributed by atoms with van der Waals surface area (Å²) in [4.78, 5) is 4.36. The summed E-state index contributed by atoms with van der Waals surface area (Å²) in [6, 6.07) is 3.24. The van der Waals surface area contributed by atoms with Gasteiger partial charge in [0.2, 0.25) is 10.0 Å². The summed E-state index contributed by atoms with van der Waals surface area (Å²) in [5.41, 5.74) is 0.117. The molecule has 0 atom stereocenters. The van der Waals surface area contributed by atoms with Gasteiger partial charge in [0.25, 0.3) is 0 Å². The zero-order valence-corrected chi connectivity index (χ0v) is 13.0. The average molecular weight is 297 g/mol. The summed E-state index contributed by atoms with van der Waals surface area (Å²) in [5, 5.41) is 3.06. The number of hydrogen-bond acceptors (Lipinski definition) is 4. The van der Waals surface area contributed by atoms with Gasteiger partial charge in [0.05, 0.1) is 0 Å². The van der Waals surface area contributed by atoms with Crippen molar-refractivity contribution in [1.82, 2.24) is 9.71 Å². The molecule has 0 saturated heterocycles. The molecule has 1 saturated carbocycles. The molecule has 5 nitrogen and oxygen atoms in total. The third-order valence-corrected chi connectivity index (χ3v) is 5.29. The lowest BCUT2D eigenvalue weighted by Gasteiger charge is -2.38. The molecule has 1 aromatic heterocycles. The van der Waals surface area contributed by atoms with Gasteiger partial charge in [-0.25, -0.2) is 18.1 Å². The van der Waals surface area contributed by atoms with Crippen LogP contribution in [0.15, 0.2) is 23.2 Å². The molecule has 0 radical (unpaired) electrons. The number of aromatic nitrogens is 1. The van der Waals surface area contributed by atoms with E-state index in [1.165, 1.54) is 6.42 Å². The predicted molar refractivity (Wildman–Crippen MR) is 80.2 cm³/mol. The molecule has 2 rings (SSSR count). The van der Waals surface area contributed by atoms with Crippen molar-refractivity contribution in [3.05, 3.63) is 18.3 Å². The van der Waals surface area contributed by atoms with E-state index in [1.807, 2.05) is 6.92 Å². The number of hydrogen-bond donors (Lipinski definition) is 2. The number of nitrogens with one attached hydrogen (secondary N) is 2. The van der Waals surface area contributed by atoms with Gasteiger partial charge in [-0.3, -0.25) is 0 Å². The quantitative estimate of drug-likeness (QED) is 0.810. The molecule has 2 N–H and O–H groups in total. The van der Waals surface area contributed by atoms with E-state index < -0.39 is 10.0 Å². The van der Waals surface area contributed by atoms with E-state index in [9.17, 15) is 8.42 Å². The minimum Gasteiger partial charge on any atom is -0.369 e. The van der Waals surface area contributed by atoms with Crippen molar-refractivity contribution in [2.45, 2.75) is 44.4 Å². The first-order valence-electron chi connectivity index (χ1n) is 7.15. The summed E-state index contributed by atoms with van der Waals surface area (Å²) >= 11 is 0. The Labute approximate surface area is 121 Å². The van der Waals surface area contributed by atoms with Crippen LogP contribution in [0, 0.1) is 5.41 Å². The number of anilines is 1. The van der Waals surface area contributed by atoms with Crippen molar-refractivity contribution >= 4 is 15.8 Å². The molecule has 0 amide bonds. The van der Waals surface area contributed by atoms with Crippen LogP contribution in [-0.4, -0.2) is 26.5 Å². The van der Waals surface area contributed by atoms with Crippen molar-refractivity contribution in [2.75, 3.05) is 18.4 Å². The number of rotatable bonds is 7. The van der Waals surface area contributed by atoms with Crippen molar-refractivity contribution in [3.8, 4) is 0 Å². The maximum absolute atomic E-state index is 12.4. The normalized spacial score (nSPS) is 17.5. The SMILES string of the molecule is CCCNc1ncccc1S(=O)(=O)NCC1(C)CCC1. The fourth-order valence-corrected chi connectivity index (χ4v) is 3.62. The molecule has 0 spiro atoms. The Balaban J connectivity index is 2.12. The third kappa shape index (κ3) is 3.49. The Hall–Kier alpha value is -1.14. The fraction of sp³-hybridized carbons (Fsp3) is 0.643. The minimum absolute atomic E-state index is 0.117. The van der Waals surface area contributed by atoms with E-state index in [0.717, 1.165) is 19.3 Å². The standard InChI is InChI=1S/C14H23N3O2S/c1-3-9-15-13-12(6-4-10-16-13)20(18,19)17-11-14(2)7-5-8-14/h4,6,10,17H,3,5,7-9,11H2,1-2H3,(H,15,16). The van der Waals surface area contributed by atoms with Crippen LogP contribution in [0.25, 0.3) is 0 Å². The van der Waals surface area contributed by atoms with Gasteiger partial charge in [-0.15, -0.1) is 0 Å². The molecule has 0 aromatic carbocycles. The Bertz CT molecular complexity index is 553. The Morgan fingerprint density at radius 3 is 2.75 bits per heavy atom. The molecule has 6 heteroatoms. The lowest BCUT2D eigenvalue weighted by Crippen LogP contribution is -2.40. The molecular weight excluding hydrogens is 274 g/mol. The van der Waals surface area contributed by atoms with E-state index in [2.05, 4.69) is 21.9 Å². The van der Waals surface area contributed by atoms with Crippen LogP contribution >= 0.6 is 0 Å². The smallest absolute Gasteiger partial charge is 0.244 e. The maximum Gasteiger partial charge on any atom is 0.244 e. The van der Waals surface area contributed by atoms with Crippen molar-refractivity contribution in [1.29, 1.82) is 0 Å². The summed E-state index contributed by atoms with van der Waals surface area (Å²) in [7, 11) is -3.51. The van der Waals surface area contributed by atoms with Crippen molar-refractivity contribution < 1.29 is 8.42 Å². The van der Waals surface area contributed by atoms with Crippen LogP contribution in [0.4, 0.5) is 5.82 Å². The molecule has 0 aliphatic heterocycles. The highest BCUT2D eigenvalue weighted by Gasteiger charge is 2.33. The second-order valence-electron chi connectivity index (χ2n) is 5.77. The zero-order chi connectivity index (χ0) is 14.6. The maximum atomic E-state index is 12.4. The minimum atomic E-state index is -3.51. The first-order valence-corrected chi connectivity index (χ1v) is 8.64. The second-order valence-corrected chi connectivity index (χ2v) is 7.50. The second kappa shape index (κ2) is 6.10. The van der Waals surface area contributed by atoms with Gasteiger partial charge in [-0.1, -0.05) is 20.3 Å². The van der Waals surface area contributed by atoms with E-state index in [0.29, 0.717) is 18.9 Å². The van der Waals surface area contributed by atoms with Gasteiger partial charge in [0.15, 0.2) is 0 Å². The number of nitrogens with zero attached hydrogens (tertiary/aromatic N) is 1. The van der Waals surface area contributed by atoms with E-state index in [1.54, 1.807) is 18.3 Å².